The molecule has 0 saturated carbocycles. The zero-order chi connectivity index (χ0) is 16.1. The van der Waals surface area contributed by atoms with Gasteiger partial charge in [0, 0.05) is 5.56 Å². The average Bonchev–Trinajstić information content (AvgIpc) is 2.49. The molecule has 0 bridgehead atoms. The van der Waals surface area contributed by atoms with Gasteiger partial charge in [-0.2, -0.15) is 0 Å². The summed E-state index contributed by atoms with van der Waals surface area (Å²) in [6.45, 7) is 1.58. The summed E-state index contributed by atoms with van der Waals surface area (Å²) >= 11 is 5.00. The number of aromatic nitrogens is 2. The summed E-state index contributed by atoms with van der Waals surface area (Å²) in [5.41, 5.74) is 0.325. The molecule has 3 N–H and O–H groups in total. The number of nitrogens with one attached hydrogen (secondary N) is 2. The minimum absolute atomic E-state index is 0.0381. The summed E-state index contributed by atoms with van der Waals surface area (Å²) in [5, 5.41) is 14.1. The minimum atomic E-state index is -1.22. The number of nitrogens with zero attached hydrogens (tertiary/aromatic N) is 2. The van der Waals surface area contributed by atoms with E-state index >= 15 is 0 Å². The molecule has 0 spiro atoms. The van der Waals surface area contributed by atoms with E-state index in [0.29, 0.717) is 11.4 Å². The lowest BCUT2D eigenvalue weighted by Gasteiger charge is -2.11. The summed E-state index contributed by atoms with van der Waals surface area (Å²) in [5.74, 6) is -1.30. The lowest BCUT2D eigenvalue weighted by atomic mass is 10.2. The molecule has 1 heterocycles. The highest BCUT2D eigenvalue weighted by Crippen LogP contribution is 2.12. The number of anilines is 1. The van der Waals surface area contributed by atoms with Crippen molar-refractivity contribution >= 4 is 34.9 Å². The first-order valence-corrected chi connectivity index (χ1v) is 6.62. The Hall–Kier alpha value is -2.87. The maximum Gasteiger partial charge on any atom is 0.356 e. The van der Waals surface area contributed by atoms with Crippen molar-refractivity contribution in [1.82, 2.24) is 15.3 Å². The molecule has 0 aliphatic carbocycles. The Morgan fingerprint density at radius 2 is 1.91 bits per heavy atom. The Labute approximate surface area is 131 Å². The molecule has 8 heteroatoms. The minimum Gasteiger partial charge on any atom is -0.476 e. The molecule has 0 fully saturated rings. The summed E-state index contributed by atoms with van der Waals surface area (Å²) in [7, 11) is 0. The SMILES string of the molecule is Cc1ncc(NC(=S)NC(=O)c2ccccc2)c(C(=O)O)n1. The van der Waals surface area contributed by atoms with E-state index in [1.165, 1.54) is 6.20 Å². The van der Waals surface area contributed by atoms with E-state index < -0.39 is 11.9 Å². The zero-order valence-electron chi connectivity index (χ0n) is 11.5. The van der Waals surface area contributed by atoms with Crippen molar-refractivity contribution in [3.63, 3.8) is 0 Å². The van der Waals surface area contributed by atoms with Gasteiger partial charge in [0.05, 0.1) is 11.9 Å². The molecule has 1 amide bonds. The van der Waals surface area contributed by atoms with Gasteiger partial charge in [0.1, 0.15) is 5.82 Å². The summed E-state index contributed by atoms with van der Waals surface area (Å²) in [4.78, 5) is 30.8. The van der Waals surface area contributed by atoms with Crippen LogP contribution in [0.2, 0.25) is 0 Å². The van der Waals surface area contributed by atoms with Crippen LogP contribution >= 0.6 is 12.2 Å². The van der Waals surface area contributed by atoms with Crippen molar-refractivity contribution in [3.8, 4) is 0 Å². The number of hydrogen-bond donors (Lipinski definition) is 3. The molecule has 0 atom stereocenters. The molecule has 0 radical (unpaired) electrons. The standard InChI is InChI=1S/C14H12N4O3S/c1-8-15-7-10(11(16-8)13(20)21)17-14(22)18-12(19)9-5-3-2-4-6-9/h2-7H,1H3,(H,20,21)(H2,17,18,19,22). The topological polar surface area (TPSA) is 104 Å². The van der Waals surface area contributed by atoms with E-state index in [2.05, 4.69) is 20.6 Å². The Kier molecular flexibility index (Phi) is 4.74. The van der Waals surface area contributed by atoms with E-state index in [0.717, 1.165) is 0 Å². The van der Waals surface area contributed by atoms with Crippen LogP contribution in [-0.2, 0) is 0 Å². The van der Waals surface area contributed by atoms with Crippen LogP contribution in [-0.4, -0.2) is 32.1 Å². The quantitative estimate of drug-likeness (QED) is 0.739. The van der Waals surface area contributed by atoms with E-state index in [4.69, 9.17) is 17.3 Å². The van der Waals surface area contributed by atoms with E-state index in [9.17, 15) is 9.59 Å². The van der Waals surface area contributed by atoms with Crippen molar-refractivity contribution in [2.75, 3.05) is 5.32 Å². The first-order chi connectivity index (χ1) is 10.5. The van der Waals surface area contributed by atoms with Crippen LogP contribution in [0.15, 0.2) is 36.5 Å². The smallest absolute Gasteiger partial charge is 0.356 e. The first kappa shape index (κ1) is 15.5. The number of thiocarbonyl (C=S) groups is 1. The third-order valence-corrected chi connectivity index (χ3v) is 2.83. The molecular weight excluding hydrogens is 304 g/mol. The van der Waals surface area contributed by atoms with Crippen molar-refractivity contribution < 1.29 is 14.7 Å². The lowest BCUT2D eigenvalue weighted by Crippen LogP contribution is -2.34. The maximum atomic E-state index is 11.9. The lowest BCUT2D eigenvalue weighted by molar-refractivity contribution is 0.0691. The van der Waals surface area contributed by atoms with Crippen molar-refractivity contribution in [3.05, 3.63) is 53.6 Å². The molecule has 2 aromatic rings. The molecule has 1 aromatic heterocycles. The number of carboxylic acids is 1. The van der Waals surface area contributed by atoms with Crippen LogP contribution in [0.3, 0.4) is 0 Å². The molecule has 0 aliphatic heterocycles. The van der Waals surface area contributed by atoms with Gasteiger partial charge in [-0.05, 0) is 31.3 Å². The number of aryl methyl sites for hydroxylation is 1. The van der Waals surface area contributed by atoms with Gasteiger partial charge in [-0.1, -0.05) is 18.2 Å². The summed E-state index contributed by atoms with van der Waals surface area (Å²) in [6, 6.07) is 8.50. The van der Waals surface area contributed by atoms with E-state index in [1.807, 2.05) is 0 Å². The van der Waals surface area contributed by atoms with Crippen molar-refractivity contribution in [2.24, 2.45) is 0 Å². The Balaban J connectivity index is 2.10. The number of hydrogen-bond acceptors (Lipinski definition) is 5. The summed E-state index contributed by atoms with van der Waals surface area (Å²) < 4.78 is 0. The number of rotatable bonds is 3. The van der Waals surface area contributed by atoms with Gasteiger partial charge >= 0.3 is 5.97 Å². The van der Waals surface area contributed by atoms with E-state index in [-0.39, 0.29) is 16.5 Å². The molecule has 0 saturated heterocycles. The van der Waals surface area contributed by atoms with Crippen LogP contribution in [0.1, 0.15) is 26.7 Å². The number of carbonyl (C=O) groups excluding carboxylic acids is 1. The molecule has 2 rings (SSSR count). The maximum absolute atomic E-state index is 11.9. The number of aromatic carboxylic acids is 1. The first-order valence-electron chi connectivity index (χ1n) is 6.21. The highest BCUT2D eigenvalue weighted by atomic mass is 32.1. The predicted octanol–water partition coefficient (Wildman–Crippen LogP) is 1.61. The van der Waals surface area contributed by atoms with Crippen LogP contribution in [0, 0.1) is 6.92 Å². The van der Waals surface area contributed by atoms with Gasteiger partial charge < -0.3 is 10.4 Å². The zero-order valence-corrected chi connectivity index (χ0v) is 12.3. The van der Waals surface area contributed by atoms with Gasteiger partial charge in [-0.25, -0.2) is 14.8 Å². The average molecular weight is 316 g/mol. The molecule has 112 valence electrons. The van der Waals surface area contributed by atoms with Crippen LogP contribution in [0.25, 0.3) is 0 Å². The van der Waals surface area contributed by atoms with Gasteiger partial charge in [0.2, 0.25) is 0 Å². The summed E-state index contributed by atoms with van der Waals surface area (Å²) in [6.07, 6.45) is 1.30. The van der Waals surface area contributed by atoms with Gasteiger partial charge in [-0.15, -0.1) is 0 Å². The van der Waals surface area contributed by atoms with Crippen LogP contribution in [0.4, 0.5) is 5.69 Å². The highest BCUT2D eigenvalue weighted by Gasteiger charge is 2.15. The molecule has 7 nitrogen and oxygen atoms in total. The second kappa shape index (κ2) is 6.72. The number of amides is 1. The van der Waals surface area contributed by atoms with Crippen molar-refractivity contribution in [1.29, 1.82) is 0 Å². The Bertz CT molecular complexity index is 734. The van der Waals surface area contributed by atoms with Crippen LogP contribution < -0.4 is 10.6 Å². The van der Waals surface area contributed by atoms with Crippen molar-refractivity contribution in [2.45, 2.75) is 6.92 Å². The fourth-order valence-corrected chi connectivity index (χ4v) is 1.85. The van der Waals surface area contributed by atoms with E-state index in [1.54, 1.807) is 37.3 Å². The number of carboxylic acid groups (broad SMARTS) is 1. The van der Waals surface area contributed by atoms with Crippen LogP contribution in [0.5, 0.6) is 0 Å². The second-order valence-electron chi connectivity index (χ2n) is 4.26. The fraction of sp³-hybridized carbons (Fsp3) is 0.0714. The molecule has 0 aliphatic rings. The second-order valence-corrected chi connectivity index (χ2v) is 4.67. The highest BCUT2D eigenvalue weighted by molar-refractivity contribution is 7.80. The Morgan fingerprint density at radius 1 is 1.23 bits per heavy atom. The molecule has 0 unspecified atom stereocenters. The Morgan fingerprint density at radius 3 is 2.55 bits per heavy atom. The predicted molar refractivity (Wildman–Crippen MR) is 83.9 cm³/mol. The third-order valence-electron chi connectivity index (χ3n) is 2.62. The molecular formula is C14H12N4O3S. The van der Waals surface area contributed by atoms with Gasteiger partial charge in [0.15, 0.2) is 10.8 Å². The number of carbonyl (C=O) groups is 2. The van der Waals surface area contributed by atoms with Gasteiger partial charge in [0.25, 0.3) is 5.91 Å². The largest absolute Gasteiger partial charge is 0.476 e. The fourth-order valence-electron chi connectivity index (χ4n) is 1.64. The normalized spacial score (nSPS) is 9.86. The number of benzene rings is 1. The molecule has 1 aromatic carbocycles. The monoisotopic (exact) mass is 316 g/mol. The third kappa shape index (κ3) is 3.83. The van der Waals surface area contributed by atoms with Gasteiger partial charge in [-0.3, -0.25) is 10.1 Å². The molecule has 22 heavy (non-hydrogen) atoms.